The van der Waals surface area contributed by atoms with Gasteiger partial charge in [-0.3, -0.25) is 4.79 Å². The molecule has 0 spiro atoms. The highest BCUT2D eigenvalue weighted by atomic mass is 19.4. The van der Waals surface area contributed by atoms with Crippen molar-refractivity contribution in [2.75, 3.05) is 0 Å². The smallest absolute Gasteiger partial charge is 0.389 e. The highest BCUT2D eigenvalue weighted by Gasteiger charge is 2.25. The lowest BCUT2D eigenvalue weighted by atomic mass is 10.1. The third-order valence-electron chi connectivity index (χ3n) is 2.35. The van der Waals surface area contributed by atoms with E-state index in [0.717, 1.165) is 25.7 Å². The van der Waals surface area contributed by atoms with Crippen LogP contribution in [-0.2, 0) is 4.79 Å². The summed E-state index contributed by atoms with van der Waals surface area (Å²) < 4.78 is 35.3. The van der Waals surface area contributed by atoms with Crippen molar-refractivity contribution in [2.45, 2.75) is 64.0 Å². The van der Waals surface area contributed by atoms with Crippen LogP contribution in [0.3, 0.4) is 0 Å². The molecule has 0 saturated heterocycles. The van der Waals surface area contributed by atoms with Crippen molar-refractivity contribution in [2.24, 2.45) is 0 Å². The quantitative estimate of drug-likeness (QED) is 0.615. The summed E-state index contributed by atoms with van der Waals surface area (Å²) in [5, 5.41) is 8.36. The number of carboxylic acids is 1. The standard InChI is InChI=1S/C11H19F3O2/c12-11(13,14)9-7-5-3-1-2-4-6-8-10(15)16/h1-9H2,(H,15,16). The molecule has 0 aromatic heterocycles. The molecular weight excluding hydrogens is 221 g/mol. The number of hydrogen-bond donors (Lipinski definition) is 1. The van der Waals surface area contributed by atoms with E-state index in [0.29, 0.717) is 12.8 Å². The minimum Gasteiger partial charge on any atom is -0.481 e. The molecule has 0 aliphatic carbocycles. The van der Waals surface area contributed by atoms with Gasteiger partial charge in [0, 0.05) is 12.8 Å². The molecule has 0 atom stereocenters. The van der Waals surface area contributed by atoms with Gasteiger partial charge in [0.25, 0.3) is 0 Å². The largest absolute Gasteiger partial charge is 0.481 e. The first kappa shape index (κ1) is 15.3. The fraction of sp³-hybridized carbons (Fsp3) is 0.909. The first-order valence-corrected chi connectivity index (χ1v) is 5.70. The van der Waals surface area contributed by atoms with Crippen LogP contribution in [0.4, 0.5) is 13.2 Å². The predicted molar refractivity (Wildman–Crippen MR) is 55.2 cm³/mol. The van der Waals surface area contributed by atoms with Gasteiger partial charge in [-0.15, -0.1) is 0 Å². The number of unbranched alkanes of at least 4 members (excludes halogenated alkanes) is 6. The molecule has 0 fully saturated rings. The van der Waals surface area contributed by atoms with E-state index < -0.39 is 18.6 Å². The maximum Gasteiger partial charge on any atom is 0.389 e. The van der Waals surface area contributed by atoms with Gasteiger partial charge >= 0.3 is 12.1 Å². The Morgan fingerprint density at radius 3 is 1.75 bits per heavy atom. The van der Waals surface area contributed by atoms with Crippen molar-refractivity contribution in [1.82, 2.24) is 0 Å². The lowest BCUT2D eigenvalue weighted by molar-refractivity contribution is -0.137. The summed E-state index contributed by atoms with van der Waals surface area (Å²) >= 11 is 0. The van der Waals surface area contributed by atoms with Crippen LogP contribution >= 0.6 is 0 Å². The van der Waals surface area contributed by atoms with E-state index >= 15 is 0 Å². The summed E-state index contributed by atoms with van der Waals surface area (Å²) in [7, 11) is 0. The fourth-order valence-electron chi connectivity index (χ4n) is 1.49. The van der Waals surface area contributed by atoms with Crippen LogP contribution in [0, 0.1) is 0 Å². The third kappa shape index (κ3) is 13.3. The molecule has 0 saturated carbocycles. The number of halogens is 3. The van der Waals surface area contributed by atoms with Gasteiger partial charge in [-0.2, -0.15) is 13.2 Å². The second-order valence-corrected chi connectivity index (χ2v) is 3.98. The molecule has 0 radical (unpaired) electrons. The zero-order valence-corrected chi connectivity index (χ0v) is 9.35. The highest BCUT2D eigenvalue weighted by molar-refractivity contribution is 5.66. The van der Waals surface area contributed by atoms with Crippen LogP contribution in [0.15, 0.2) is 0 Å². The van der Waals surface area contributed by atoms with Gasteiger partial charge in [0.15, 0.2) is 0 Å². The summed E-state index contributed by atoms with van der Waals surface area (Å²) in [5.41, 5.74) is 0. The molecule has 0 rings (SSSR count). The van der Waals surface area contributed by atoms with E-state index in [1.807, 2.05) is 0 Å². The molecule has 0 amide bonds. The molecule has 0 unspecified atom stereocenters. The van der Waals surface area contributed by atoms with Gasteiger partial charge in [-0.25, -0.2) is 0 Å². The molecule has 0 aliphatic heterocycles. The molecule has 0 heterocycles. The zero-order valence-electron chi connectivity index (χ0n) is 9.35. The summed E-state index contributed by atoms with van der Waals surface area (Å²) in [6.07, 6.45) is 0.433. The number of aliphatic carboxylic acids is 1. The number of hydrogen-bond acceptors (Lipinski definition) is 1. The molecular formula is C11H19F3O2. The normalized spacial score (nSPS) is 11.7. The van der Waals surface area contributed by atoms with Crippen molar-refractivity contribution in [3.05, 3.63) is 0 Å². The number of rotatable bonds is 9. The van der Waals surface area contributed by atoms with Crippen molar-refractivity contribution in [1.29, 1.82) is 0 Å². The maximum atomic E-state index is 11.8. The average Bonchev–Trinajstić information content (AvgIpc) is 2.13. The Balaban J connectivity index is 3.07. The highest BCUT2D eigenvalue weighted by Crippen LogP contribution is 2.23. The Hall–Kier alpha value is -0.740. The van der Waals surface area contributed by atoms with Crippen LogP contribution < -0.4 is 0 Å². The van der Waals surface area contributed by atoms with E-state index in [1.54, 1.807) is 0 Å². The van der Waals surface area contributed by atoms with Gasteiger partial charge in [-0.1, -0.05) is 32.1 Å². The Labute approximate surface area is 93.8 Å². The van der Waals surface area contributed by atoms with E-state index in [4.69, 9.17) is 5.11 Å². The Bertz CT molecular complexity index is 190. The zero-order chi connectivity index (χ0) is 12.4. The van der Waals surface area contributed by atoms with E-state index in [1.165, 1.54) is 0 Å². The Morgan fingerprint density at radius 2 is 1.31 bits per heavy atom. The minimum atomic E-state index is -4.03. The topological polar surface area (TPSA) is 37.3 Å². The molecule has 0 aliphatic rings. The number of carboxylic acid groups (broad SMARTS) is 1. The number of carbonyl (C=O) groups is 1. The van der Waals surface area contributed by atoms with Crippen molar-refractivity contribution in [3.63, 3.8) is 0 Å². The Kier molecular flexibility index (Phi) is 8.03. The van der Waals surface area contributed by atoms with Crippen molar-refractivity contribution in [3.8, 4) is 0 Å². The SMILES string of the molecule is O=C(O)CCCCCCCCCC(F)(F)F. The molecule has 0 aromatic carbocycles. The van der Waals surface area contributed by atoms with E-state index in [9.17, 15) is 18.0 Å². The third-order valence-corrected chi connectivity index (χ3v) is 2.35. The molecule has 2 nitrogen and oxygen atoms in total. The second kappa shape index (κ2) is 8.42. The van der Waals surface area contributed by atoms with Gasteiger partial charge < -0.3 is 5.11 Å². The second-order valence-electron chi connectivity index (χ2n) is 3.98. The molecule has 0 bridgehead atoms. The maximum absolute atomic E-state index is 11.8. The van der Waals surface area contributed by atoms with Crippen LogP contribution in [0.5, 0.6) is 0 Å². The summed E-state index contributed by atoms with van der Waals surface area (Å²) in [5.74, 6) is -0.787. The van der Waals surface area contributed by atoms with E-state index in [2.05, 4.69) is 0 Å². The molecule has 1 N–H and O–H groups in total. The average molecular weight is 240 g/mol. The van der Waals surface area contributed by atoms with Gasteiger partial charge in [0.05, 0.1) is 0 Å². The molecule has 16 heavy (non-hydrogen) atoms. The van der Waals surface area contributed by atoms with Crippen molar-refractivity contribution < 1.29 is 23.1 Å². The number of alkyl halides is 3. The lowest BCUT2D eigenvalue weighted by Gasteiger charge is -2.05. The molecule has 5 heteroatoms. The first-order valence-electron chi connectivity index (χ1n) is 5.70. The van der Waals surface area contributed by atoms with Gasteiger partial charge in [0.2, 0.25) is 0 Å². The lowest BCUT2D eigenvalue weighted by Crippen LogP contribution is -2.06. The van der Waals surface area contributed by atoms with Gasteiger partial charge in [-0.05, 0) is 12.8 Å². The van der Waals surface area contributed by atoms with Gasteiger partial charge in [0.1, 0.15) is 0 Å². The summed E-state index contributed by atoms with van der Waals surface area (Å²) in [6.45, 7) is 0. The fourth-order valence-corrected chi connectivity index (χ4v) is 1.49. The van der Waals surface area contributed by atoms with Crippen LogP contribution in [0.25, 0.3) is 0 Å². The first-order chi connectivity index (χ1) is 7.42. The predicted octanol–water partition coefficient (Wildman–Crippen LogP) is 4.14. The van der Waals surface area contributed by atoms with E-state index in [-0.39, 0.29) is 12.8 Å². The summed E-state index contributed by atoms with van der Waals surface area (Å²) in [4.78, 5) is 10.2. The molecule has 0 aromatic rings. The Morgan fingerprint density at radius 1 is 0.875 bits per heavy atom. The van der Waals surface area contributed by atoms with Crippen LogP contribution in [0.1, 0.15) is 57.8 Å². The molecule has 96 valence electrons. The van der Waals surface area contributed by atoms with Crippen LogP contribution in [0.2, 0.25) is 0 Å². The monoisotopic (exact) mass is 240 g/mol. The van der Waals surface area contributed by atoms with Crippen LogP contribution in [-0.4, -0.2) is 17.3 Å². The van der Waals surface area contributed by atoms with Crippen molar-refractivity contribution >= 4 is 5.97 Å². The minimum absolute atomic E-state index is 0.189. The summed E-state index contributed by atoms with van der Waals surface area (Å²) in [6, 6.07) is 0.